The summed E-state index contributed by atoms with van der Waals surface area (Å²) in [6.07, 6.45) is 0. The smallest absolute Gasteiger partial charge is 0.0462 e. The minimum atomic E-state index is 1.09. The first-order valence-corrected chi connectivity index (χ1v) is 25.8. The predicted molar refractivity (Wildman–Crippen MR) is 309 cm³/mol. The van der Waals surface area contributed by atoms with E-state index in [1.165, 1.54) is 112 Å². The molecular formula is C68H43NS2. The number of nitrogens with zero attached hydrogens (tertiary/aromatic N) is 1. The molecule has 0 bridgehead atoms. The second kappa shape index (κ2) is 17.1. The number of thiophene rings is 2. The first-order chi connectivity index (χ1) is 35.1. The molecule has 2 heterocycles. The molecule has 0 radical (unpaired) electrons. The van der Waals surface area contributed by atoms with Gasteiger partial charge in [0.1, 0.15) is 0 Å². The van der Waals surface area contributed by atoms with Crippen molar-refractivity contribution < 1.29 is 0 Å². The zero-order chi connectivity index (χ0) is 46.8. The van der Waals surface area contributed by atoms with E-state index in [0.29, 0.717) is 0 Å². The Labute approximate surface area is 420 Å². The summed E-state index contributed by atoms with van der Waals surface area (Å²) >= 11 is 3.76. The van der Waals surface area contributed by atoms with Crippen LogP contribution in [0.5, 0.6) is 0 Å². The highest BCUT2D eigenvalue weighted by molar-refractivity contribution is 7.26. The summed E-state index contributed by atoms with van der Waals surface area (Å²) in [5, 5.41) is 10.2. The molecule has 0 amide bonds. The summed E-state index contributed by atoms with van der Waals surface area (Å²) in [6, 6.07) is 96.3. The van der Waals surface area contributed by atoms with E-state index in [2.05, 4.69) is 266 Å². The van der Waals surface area contributed by atoms with Crippen LogP contribution in [0.15, 0.2) is 261 Å². The van der Waals surface area contributed by atoms with Crippen LogP contribution < -0.4 is 4.90 Å². The quantitative estimate of drug-likeness (QED) is 0.147. The standard InChI is InChI=1S/C68H43NS2/c1-3-13-49-39-51(25-23-44(49)11-1)54-41-53(42-55(43-54)52-26-24-45-12-2-4-14-50(45)40-52)46-27-33-56(34-28-46)69(57-35-29-47(30-36-57)59-17-9-19-63-61-15-5-7-21-65(61)70-67(59)63)58-37-31-48(32-38-58)60-18-10-20-64-62-16-6-8-22-66(62)71-68(60)64/h1-43H. The summed E-state index contributed by atoms with van der Waals surface area (Å²) in [4.78, 5) is 2.39. The maximum atomic E-state index is 2.39. The van der Waals surface area contributed by atoms with E-state index in [0.717, 1.165) is 22.6 Å². The van der Waals surface area contributed by atoms with Crippen molar-refractivity contribution in [3.05, 3.63) is 261 Å². The van der Waals surface area contributed by atoms with Gasteiger partial charge in [0.15, 0.2) is 0 Å². The third-order valence-corrected chi connectivity index (χ3v) is 16.7. The lowest BCUT2D eigenvalue weighted by Crippen LogP contribution is -2.09. The maximum absolute atomic E-state index is 2.39. The van der Waals surface area contributed by atoms with Gasteiger partial charge in [0.05, 0.1) is 0 Å². The Bertz CT molecular complexity index is 4070. The molecule has 0 aliphatic rings. The van der Waals surface area contributed by atoms with Crippen molar-refractivity contribution >= 4 is 102 Å². The average Bonchev–Trinajstić information content (AvgIpc) is 4.02. The molecule has 0 unspecified atom stereocenters. The van der Waals surface area contributed by atoms with Gasteiger partial charge in [-0.05, 0) is 156 Å². The number of anilines is 3. The van der Waals surface area contributed by atoms with Crippen molar-refractivity contribution in [3.63, 3.8) is 0 Å². The molecule has 0 saturated carbocycles. The SMILES string of the molecule is c1ccc2cc(-c3cc(-c4ccc(N(c5ccc(-c6cccc7c6sc6ccccc67)cc5)c5ccc(-c6cccc7c6sc6ccccc67)cc5)cc4)cc(-c4ccc5ccccc5c4)c3)ccc2c1. The lowest BCUT2D eigenvalue weighted by Gasteiger charge is -2.26. The van der Waals surface area contributed by atoms with Gasteiger partial charge in [0.2, 0.25) is 0 Å². The minimum absolute atomic E-state index is 1.09. The molecule has 0 aliphatic carbocycles. The lowest BCUT2D eigenvalue weighted by molar-refractivity contribution is 1.28. The zero-order valence-corrected chi connectivity index (χ0v) is 40.2. The van der Waals surface area contributed by atoms with Crippen molar-refractivity contribution in [1.29, 1.82) is 0 Å². The van der Waals surface area contributed by atoms with Crippen molar-refractivity contribution in [1.82, 2.24) is 0 Å². The van der Waals surface area contributed by atoms with Gasteiger partial charge in [0, 0.05) is 57.4 Å². The van der Waals surface area contributed by atoms with E-state index in [-0.39, 0.29) is 0 Å². The lowest BCUT2D eigenvalue weighted by atomic mass is 9.92. The molecule has 1 nitrogen and oxygen atoms in total. The third kappa shape index (κ3) is 7.37. The van der Waals surface area contributed by atoms with E-state index in [4.69, 9.17) is 0 Å². The van der Waals surface area contributed by atoms with Crippen molar-refractivity contribution in [2.75, 3.05) is 4.90 Å². The van der Waals surface area contributed by atoms with Crippen LogP contribution in [-0.2, 0) is 0 Å². The summed E-state index contributed by atoms with van der Waals surface area (Å²) in [5.74, 6) is 0. The third-order valence-electron chi connectivity index (χ3n) is 14.2. The van der Waals surface area contributed by atoms with E-state index < -0.39 is 0 Å². The Balaban J connectivity index is 0.874. The predicted octanol–water partition coefficient (Wildman–Crippen LogP) is 20.5. The van der Waals surface area contributed by atoms with Gasteiger partial charge in [-0.2, -0.15) is 0 Å². The van der Waals surface area contributed by atoms with Crippen molar-refractivity contribution in [2.45, 2.75) is 0 Å². The van der Waals surface area contributed by atoms with Gasteiger partial charge in [0.25, 0.3) is 0 Å². The average molecular weight is 938 g/mol. The fourth-order valence-corrected chi connectivity index (χ4v) is 13.1. The zero-order valence-electron chi connectivity index (χ0n) is 38.6. The van der Waals surface area contributed by atoms with Gasteiger partial charge >= 0.3 is 0 Å². The molecule has 0 atom stereocenters. The van der Waals surface area contributed by atoms with Crippen LogP contribution in [0.1, 0.15) is 0 Å². The van der Waals surface area contributed by atoms with Crippen molar-refractivity contribution in [3.8, 4) is 55.6 Å². The first kappa shape index (κ1) is 41.4. The fourth-order valence-electron chi connectivity index (χ4n) is 10.6. The Morgan fingerprint density at radius 3 is 1.03 bits per heavy atom. The normalized spacial score (nSPS) is 11.7. The van der Waals surface area contributed by atoms with Gasteiger partial charge in [-0.3, -0.25) is 0 Å². The molecule has 71 heavy (non-hydrogen) atoms. The highest BCUT2D eigenvalue weighted by Gasteiger charge is 2.18. The Morgan fingerprint density at radius 1 is 0.225 bits per heavy atom. The number of benzene rings is 12. The molecular weight excluding hydrogens is 895 g/mol. The Hall–Kier alpha value is -8.60. The topological polar surface area (TPSA) is 3.24 Å². The van der Waals surface area contributed by atoms with Crippen molar-refractivity contribution in [2.24, 2.45) is 0 Å². The summed E-state index contributed by atoms with van der Waals surface area (Å²) in [5.41, 5.74) is 15.4. The van der Waals surface area contributed by atoms with Crippen LogP contribution in [0.25, 0.3) is 118 Å². The second-order valence-electron chi connectivity index (χ2n) is 18.5. The van der Waals surface area contributed by atoms with Crippen LogP contribution in [0, 0.1) is 0 Å². The Morgan fingerprint density at radius 2 is 0.577 bits per heavy atom. The highest BCUT2D eigenvalue weighted by atomic mass is 32.1. The monoisotopic (exact) mass is 937 g/mol. The summed E-state index contributed by atoms with van der Waals surface area (Å²) in [7, 11) is 0. The molecule has 12 aromatic carbocycles. The van der Waals surface area contributed by atoms with Gasteiger partial charge in [-0.25, -0.2) is 0 Å². The molecule has 3 heteroatoms. The van der Waals surface area contributed by atoms with E-state index in [1.54, 1.807) is 0 Å². The number of hydrogen-bond donors (Lipinski definition) is 0. The molecule has 0 spiro atoms. The molecule has 2 aromatic heterocycles. The second-order valence-corrected chi connectivity index (χ2v) is 20.6. The van der Waals surface area contributed by atoms with Crippen LogP contribution in [-0.4, -0.2) is 0 Å². The molecule has 14 aromatic rings. The van der Waals surface area contributed by atoms with Crippen LogP contribution in [0.4, 0.5) is 17.1 Å². The van der Waals surface area contributed by atoms with Gasteiger partial charge in [-0.1, -0.05) is 182 Å². The number of hydrogen-bond acceptors (Lipinski definition) is 3. The molecule has 14 rings (SSSR count). The fraction of sp³-hybridized carbons (Fsp3) is 0. The molecule has 0 N–H and O–H groups in total. The molecule has 0 aliphatic heterocycles. The highest BCUT2D eigenvalue weighted by Crippen LogP contribution is 2.44. The molecule has 332 valence electrons. The molecule has 0 fully saturated rings. The van der Waals surface area contributed by atoms with E-state index in [9.17, 15) is 0 Å². The number of rotatable bonds is 8. The number of fused-ring (bicyclic) bond motifs is 8. The maximum Gasteiger partial charge on any atom is 0.0462 e. The van der Waals surface area contributed by atoms with Gasteiger partial charge < -0.3 is 4.90 Å². The summed E-state index contributed by atoms with van der Waals surface area (Å²) < 4.78 is 5.29. The Kier molecular flexibility index (Phi) is 9.97. The largest absolute Gasteiger partial charge is 0.311 e. The molecule has 0 saturated heterocycles. The van der Waals surface area contributed by atoms with Gasteiger partial charge in [-0.15, -0.1) is 22.7 Å². The van der Waals surface area contributed by atoms with Crippen LogP contribution >= 0.6 is 22.7 Å². The van der Waals surface area contributed by atoms with Crippen LogP contribution in [0.3, 0.4) is 0 Å². The van der Waals surface area contributed by atoms with E-state index >= 15 is 0 Å². The first-order valence-electron chi connectivity index (χ1n) is 24.2. The van der Waals surface area contributed by atoms with Crippen LogP contribution in [0.2, 0.25) is 0 Å². The minimum Gasteiger partial charge on any atom is -0.311 e. The summed E-state index contributed by atoms with van der Waals surface area (Å²) in [6.45, 7) is 0. The van der Waals surface area contributed by atoms with E-state index in [1.807, 2.05) is 22.7 Å².